The van der Waals surface area contributed by atoms with Crippen LogP contribution in [-0.2, 0) is 6.61 Å². The Morgan fingerprint density at radius 1 is 1.45 bits per heavy atom. The monoisotopic (exact) mass is 279 g/mol. The van der Waals surface area contributed by atoms with Crippen LogP contribution in [0.2, 0.25) is 0 Å². The van der Waals surface area contributed by atoms with E-state index < -0.39 is 10.7 Å². The summed E-state index contributed by atoms with van der Waals surface area (Å²) in [5.74, 6) is -0.451. The van der Waals surface area contributed by atoms with E-state index in [9.17, 15) is 19.3 Å². The molecule has 7 heteroatoms. The number of nitrogens with zero attached hydrogens (tertiary/aromatic N) is 1. The largest absolute Gasteiger partial charge is 0.483 e. The molecule has 1 aromatic heterocycles. The zero-order chi connectivity index (χ0) is 14.7. The molecule has 0 N–H and O–H groups in total. The second-order valence-electron chi connectivity index (χ2n) is 4.04. The first kappa shape index (κ1) is 13.7. The third kappa shape index (κ3) is 2.82. The standard InChI is InChI=1S/C13H10FNO5/c1-8-4-13(11(14)5-12(8)15(17)18)19-7-10-3-2-9(6-16)20-10/h2-6H,7H2,1H3. The lowest BCUT2D eigenvalue weighted by atomic mass is 10.2. The molecule has 0 amide bonds. The summed E-state index contributed by atoms with van der Waals surface area (Å²) in [7, 11) is 0. The smallest absolute Gasteiger partial charge is 0.275 e. The molecule has 0 aliphatic rings. The van der Waals surface area contributed by atoms with Gasteiger partial charge in [0.15, 0.2) is 23.6 Å². The zero-order valence-corrected chi connectivity index (χ0v) is 10.5. The Bertz CT molecular complexity index is 665. The summed E-state index contributed by atoms with van der Waals surface area (Å²) in [5, 5.41) is 10.7. The van der Waals surface area contributed by atoms with Gasteiger partial charge >= 0.3 is 0 Å². The first-order chi connectivity index (χ1) is 9.51. The SMILES string of the molecule is Cc1cc(OCc2ccc(C=O)o2)c(F)cc1[N+](=O)[O-]. The maximum Gasteiger partial charge on any atom is 0.275 e. The second kappa shape index (κ2) is 5.52. The predicted octanol–water partition coefficient (Wildman–Crippen LogP) is 3.03. The van der Waals surface area contributed by atoms with Gasteiger partial charge in [0, 0.05) is 5.56 Å². The summed E-state index contributed by atoms with van der Waals surface area (Å²) in [6.07, 6.45) is 0.542. The van der Waals surface area contributed by atoms with Crippen molar-refractivity contribution < 1.29 is 23.3 Å². The number of ether oxygens (including phenoxy) is 1. The number of nitro benzene ring substituents is 1. The molecule has 0 bridgehead atoms. The molecule has 0 fully saturated rings. The number of aryl methyl sites for hydroxylation is 1. The molecule has 1 heterocycles. The molecule has 6 nitrogen and oxygen atoms in total. The summed E-state index contributed by atoms with van der Waals surface area (Å²) in [6.45, 7) is 1.41. The minimum atomic E-state index is -0.829. The van der Waals surface area contributed by atoms with Gasteiger partial charge in [-0.2, -0.15) is 0 Å². The fourth-order valence-corrected chi connectivity index (χ4v) is 1.64. The highest BCUT2D eigenvalue weighted by molar-refractivity contribution is 5.70. The van der Waals surface area contributed by atoms with Crippen LogP contribution in [0.1, 0.15) is 21.9 Å². The van der Waals surface area contributed by atoms with Gasteiger partial charge in [-0.15, -0.1) is 0 Å². The van der Waals surface area contributed by atoms with Gasteiger partial charge in [0.25, 0.3) is 5.69 Å². The van der Waals surface area contributed by atoms with Crippen molar-refractivity contribution in [2.75, 3.05) is 0 Å². The molecule has 0 saturated carbocycles. The maximum absolute atomic E-state index is 13.6. The van der Waals surface area contributed by atoms with Crippen LogP contribution in [0.15, 0.2) is 28.7 Å². The van der Waals surface area contributed by atoms with Crippen LogP contribution in [0.25, 0.3) is 0 Å². The average molecular weight is 279 g/mol. The summed E-state index contributed by atoms with van der Waals surface area (Å²) >= 11 is 0. The zero-order valence-electron chi connectivity index (χ0n) is 10.5. The third-order valence-electron chi connectivity index (χ3n) is 2.62. The van der Waals surface area contributed by atoms with Gasteiger partial charge in [-0.1, -0.05) is 0 Å². The molecule has 0 radical (unpaired) electrons. The summed E-state index contributed by atoms with van der Waals surface area (Å²) in [6, 6.07) is 5.05. The van der Waals surface area contributed by atoms with Crippen molar-refractivity contribution in [3.8, 4) is 5.75 Å². The van der Waals surface area contributed by atoms with Crippen molar-refractivity contribution >= 4 is 12.0 Å². The highest BCUT2D eigenvalue weighted by atomic mass is 19.1. The first-order valence-electron chi connectivity index (χ1n) is 5.62. The fraction of sp³-hybridized carbons (Fsp3) is 0.154. The molecule has 0 aliphatic heterocycles. The highest BCUT2D eigenvalue weighted by Gasteiger charge is 2.16. The normalized spacial score (nSPS) is 10.3. The lowest BCUT2D eigenvalue weighted by molar-refractivity contribution is -0.385. The number of carbonyl (C=O) groups excluding carboxylic acids is 1. The Hall–Kier alpha value is -2.70. The van der Waals surface area contributed by atoms with Crippen LogP contribution in [0.4, 0.5) is 10.1 Å². The van der Waals surface area contributed by atoms with E-state index in [2.05, 4.69) is 0 Å². The van der Waals surface area contributed by atoms with E-state index >= 15 is 0 Å². The van der Waals surface area contributed by atoms with Gasteiger partial charge in [-0.3, -0.25) is 14.9 Å². The van der Waals surface area contributed by atoms with E-state index in [0.717, 1.165) is 6.07 Å². The molecule has 2 aromatic rings. The van der Waals surface area contributed by atoms with Gasteiger partial charge < -0.3 is 9.15 Å². The number of hydrogen-bond donors (Lipinski definition) is 0. The Kier molecular flexibility index (Phi) is 3.79. The molecule has 0 spiro atoms. The van der Waals surface area contributed by atoms with E-state index in [4.69, 9.17) is 9.15 Å². The molecule has 0 saturated heterocycles. The van der Waals surface area contributed by atoms with Crippen LogP contribution in [0, 0.1) is 22.9 Å². The van der Waals surface area contributed by atoms with Crippen LogP contribution < -0.4 is 4.74 Å². The molecule has 0 unspecified atom stereocenters. The Balaban J connectivity index is 2.15. The van der Waals surface area contributed by atoms with E-state index in [-0.39, 0.29) is 23.8 Å². The maximum atomic E-state index is 13.6. The molecular formula is C13H10FNO5. The number of benzene rings is 1. The number of aldehydes is 1. The quantitative estimate of drug-likeness (QED) is 0.477. The minimum absolute atomic E-state index is 0.0813. The summed E-state index contributed by atoms with van der Waals surface area (Å²) in [4.78, 5) is 20.4. The topological polar surface area (TPSA) is 82.6 Å². The summed E-state index contributed by atoms with van der Waals surface area (Å²) in [5.41, 5.74) is -0.0180. The Labute approximate surface area is 112 Å². The molecule has 0 atom stereocenters. The van der Waals surface area contributed by atoms with Crippen molar-refractivity contribution in [3.63, 3.8) is 0 Å². The van der Waals surface area contributed by atoms with E-state index in [1.165, 1.54) is 25.1 Å². The molecular weight excluding hydrogens is 269 g/mol. The predicted molar refractivity (Wildman–Crippen MR) is 66.2 cm³/mol. The van der Waals surface area contributed by atoms with Crippen LogP contribution >= 0.6 is 0 Å². The Morgan fingerprint density at radius 3 is 2.80 bits per heavy atom. The third-order valence-corrected chi connectivity index (χ3v) is 2.62. The first-order valence-corrected chi connectivity index (χ1v) is 5.62. The van der Waals surface area contributed by atoms with E-state index in [1.807, 2.05) is 0 Å². The van der Waals surface area contributed by atoms with E-state index in [0.29, 0.717) is 17.6 Å². The van der Waals surface area contributed by atoms with Crippen molar-refractivity contribution in [3.05, 3.63) is 57.3 Å². The van der Waals surface area contributed by atoms with Gasteiger partial charge in [-0.05, 0) is 25.1 Å². The minimum Gasteiger partial charge on any atom is -0.483 e. The van der Waals surface area contributed by atoms with Crippen molar-refractivity contribution in [1.29, 1.82) is 0 Å². The van der Waals surface area contributed by atoms with Crippen molar-refractivity contribution in [2.24, 2.45) is 0 Å². The number of halogens is 1. The second-order valence-corrected chi connectivity index (χ2v) is 4.04. The molecule has 1 aromatic carbocycles. The summed E-state index contributed by atoms with van der Waals surface area (Å²) < 4.78 is 23.9. The van der Waals surface area contributed by atoms with Gasteiger partial charge in [0.2, 0.25) is 0 Å². The van der Waals surface area contributed by atoms with Crippen LogP contribution in [0.3, 0.4) is 0 Å². The lowest BCUT2D eigenvalue weighted by Crippen LogP contribution is -1.99. The molecule has 20 heavy (non-hydrogen) atoms. The number of furan rings is 1. The van der Waals surface area contributed by atoms with Gasteiger partial charge in [-0.25, -0.2) is 4.39 Å². The van der Waals surface area contributed by atoms with Gasteiger partial charge in [0.05, 0.1) is 11.0 Å². The van der Waals surface area contributed by atoms with Crippen LogP contribution in [-0.4, -0.2) is 11.2 Å². The molecule has 0 aliphatic carbocycles. The van der Waals surface area contributed by atoms with Crippen LogP contribution in [0.5, 0.6) is 5.75 Å². The fourth-order valence-electron chi connectivity index (χ4n) is 1.64. The number of carbonyl (C=O) groups is 1. The molecule has 2 rings (SSSR count). The lowest BCUT2D eigenvalue weighted by Gasteiger charge is -2.07. The average Bonchev–Trinajstić information content (AvgIpc) is 2.87. The number of nitro groups is 1. The highest BCUT2D eigenvalue weighted by Crippen LogP contribution is 2.27. The Morgan fingerprint density at radius 2 is 2.20 bits per heavy atom. The molecule has 104 valence electrons. The number of rotatable bonds is 5. The van der Waals surface area contributed by atoms with Gasteiger partial charge in [0.1, 0.15) is 12.4 Å². The number of hydrogen-bond acceptors (Lipinski definition) is 5. The van der Waals surface area contributed by atoms with Crippen molar-refractivity contribution in [1.82, 2.24) is 0 Å². The van der Waals surface area contributed by atoms with Crippen molar-refractivity contribution in [2.45, 2.75) is 13.5 Å². The van der Waals surface area contributed by atoms with E-state index in [1.54, 1.807) is 0 Å².